The van der Waals surface area contributed by atoms with Gasteiger partial charge in [-0.25, -0.2) is 9.37 Å². The SMILES string of the molecule is COCCCNc1ccc(C(=O)N2CCN(c3ccc(F)cc3)CC2)nc1. The zero-order chi connectivity index (χ0) is 19.1. The fourth-order valence-electron chi connectivity index (χ4n) is 3.06. The number of anilines is 2. The van der Waals surface area contributed by atoms with Gasteiger partial charge < -0.3 is 19.9 Å². The minimum absolute atomic E-state index is 0.0558. The molecule has 1 saturated heterocycles. The molecule has 7 heteroatoms. The second kappa shape index (κ2) is 9.32. The third-order valence-corrected chi connectivity index (χ3v) is 4.60. The third kappa shape index (κ3) is 5.17. The van der Waals surface area contributed by atoms with E-state index in [-0.39, 0.29) is 11.7 Å². The summed E-state index contributed by atoms with van der Waals surface area (Å²) in [5.41, 5.74) is 2.32. The predicted octanol–water partition coefficient (Wildman–Crippen LogP) is 2.63. The standard InChI is InChI=1S/C20H25FN4O2/c1-27-14-2-9-22-17-5-8-19(23-15-17)20(26)25-12-10-24(11-13-25)18-6-3-16(21)4-7-18/h3-8,15,22H,2,9-14H2,1H3. The van der Waals surface area contributed by atoms with Gasteiger partial charge in [0.25, 0.3) is 5.91 Å². The van der Waals surface area contributed by atoms with Crippen LogP contribution in [0, 0.1) is 5.82 Å². The van der Waals surface area contributed by atoms with E-state index in [0.29, 0.717) is 25.4 Å². The van der Waals surface area contributed by atoms with Gasteiger partial charge in [-0.15, -0.1) is 0 Å². The maximum absolute atomic E-state index is 13.1. The smallest absolute Gasteiger partial charge is 0.272 e. The number of hydrogen-bond acceptors (Lipinski definition) is 5. The molecule has 0 radical (unpaired) electrons. The quantitative estimate of drug-likeness (QED) is 0.757. The number of rotatable bonds is 7. The van der Waals surface area contributed by atoms with Gasteiger partial charge in [0.05, 0.1) is 11.9 Å². The molecule has 0 spiro atoms. The van der Waals surface area contributed by atoms with Crippen LogP contribution < -0.4 is 10.2 Å². The van der Waals surface area contributed by atoms with Gasteiger partial charge in [-0.2, -0.15) is 0 Å². The topological polar surface area (TPSA) is 57.7 Å². The van der Waals surface area contributed by atoms with Crippen LogP contribution in [0.3, 0.4) is 0 Å². The molecule has 1 aliphatic heterocycles. The van der Waals surface area contributed by atoms with Crippen LogP contribution in [0.15, 0.2) is 42.6 Å². The number of piperazine rings is 1. The molecule has 1 aromatic carbocycles. The molecule has 1 fully saturated rings. The summed E-state index contributed by atoms with van der Waals surface area (Å²) in [6.45, 7) is 4.19. The van der Waals surface area contributed by atoms with Crippen molar-refractivity contribution in [1.29, 1.82) is 0 Å². The molecule has 3 rings (SSSR count). The number of halogens is 1. The van der Waals surface area contributed by atoms with Gasteiger partial charge in [0.2, 0.25) is 0 Å². The highest BCUT2D eigenvalue weighted by atomic mass is 19.1. The summed E-state index contributed by atoms with van der Waals surface area (Å²) in [6, 6.07) is 10.1. The number of methoxy groups -OCH3 is 1. The molecular weight excluding hydrogens is 347 g/mol. The molecule has 144 valence electrons. The fourth-order valence-corrected chi connectivity index (χ4v) is 3.06. The lowest BCUT2D eigenvalue weighted by Gasteiger charge is -2.36. The van der Waals surface area contributed by atoms with Gasteiger partial charge in [-0.1, -0.05) is 0 Å². The summed E-state index contributed by atoms with van der Waals surface area (Å²) in [7, 11) is 1.68. The largest absolute Gasteiger partial charge is 0.385 e. The molecule has 2 heterocycles. The van der Waals surface area contributed by atoms with Gasteiger partial charge in [0.1, 0.15) is 11.5 Å². The average molecular weight is 372 g/mol. The second-order valence-corrected chi connectivity index (χ2v) is 6.46. The normalized spacial score (nSPS) is 14.3. The second-order valence-electron chi connectivity index (χ2n) is 6.46. The van der Waals surface area contributed by atoms with Crippen LogP contribution in [0.25, 0.3) is 0 Å². The molecule has 1 amide bonds. The Morgan fingerprint density at radius 1 is 1.15 bits per heavy atom. The van der Waals surface area contributed by atoms with E-state index >= 15 is 0 Å². The van der Waals surface area contributed by atoms with Crippen molar-refractivity contribution in [3.63, 3.8) is 0 Å². The minimum atomic E-state index is -0.240. The lowest BCUT2D eigenvalue weighted by Crippen LogP contribution is -2.49. The number of aromatic nitrogens is 1. The van der Waals surface area contributed by atoms with Crippen molar-refractivity contribution in [3.8, 4) is 0 Å². The number of benzene rings is 1. The highest BCUT2D eigenvalue weighted by molar-refractivity contribution is 5.92. The first-order chi connectivity index (χ1) is 13.2. The summed E-state index contributed by atoms with van der Waals surface area (Å²) in [4.78, 5) is 20.9. The van der Waals surface area contributed by atoms with Gasteiger partial charge >= 0.3 is 0 Å². The molecule has 0 bridgehead atoms. The number of hydrogen-bond donors (Lipinski definition) is 1. The molecule has 1 aliphatic rings. The molecule has 0 unspecified atom stereocenters. The number of pyridine rings is 1. The Labute approximate surface area is 158 Å². The van der Waals surface area contributed by atoms with Crippen molar-refractivity contribution in [2.75, 3.05) is 56.7 Å². The molecule has 6 nitrogen and oxygen atoms in total. The highest BCUT2D eigenvalue weighted by Gasteiger charge is 2.23. The van der Waals surface area contributed by atoms with E-state index in [1.54, 1.807) is 31.5 Å². The van der Waals surface area contributed by atoms with Gasteiger partial charge in [-0.05, 0) is 42.8 Å². The Bertz CT molecular complexity index is 729. The van der Waals surface area contributed by atoms with Crippen LogP contribution in [0.1, 0.15) is 16.9 Å². The first-order valence-electron chi connectivity index (χ1n) is 9.16. The van der Waals surface area contributed by atoms with E-state index < -0.39 is 0 Å². The Kier molecular flexibility index (Phi) is 6.59. The van der Waals surface area contributed by atoms with Crippen LogP contribution in [-0.4, -0.2) is 62.2 Å². The number of nitrogens with one attached hydrogen (secondary N) is 1. The molecule has 2 aromatic rings. The minimum Gasteiger partial charge on any atom is -0.385 e. The zero-order valence-corrected chi connectivity index (χ0v) is 15.5. The highest BCUT2D eigenvalue weighted by Crippen LogP contribution is 2.18. The van der Waals surface area contributed by atoms with Crippen LogP contribution in [0.2, 0.25) is 0 Å². The van der Waals surface area contributed by atoms with Crippen LogP contribution in [0.5, 0.6) is 0 Å². The molecule has 0 saturated carbocycles. The van der Waals surface area contributed by atoms with Crippen molar-refractivity contribution in [3.05, 3.63) is 54.1 Å². The molecule has 0 atom stereocenters. The van der Waals surface area contributed by atoms with Gasteiger partial charge in [0.15, 0.2) is 0 Å². The number of amides is 1. The Morgan fingerprint density at radius 3 is 2.52 bits per heavy atom. The summed E-state index contributed by atoms with van der Waals surface area (Å²) in [5, 5.41) is 3.25. The van der Waals surface area contributed by atoms with Gasteiger partial charge in [0, 0.05) is 52.1 Å². The molecule has 1 N–H and O–H groups in total. The molecule has 27 heavy (non-hydrogen) atoms. The number of ether oxygens (including phenoxy) is 1. The summed E-state index contributed by atoms with van der Waals surface area (Å²) in [6.07, 6.45) is 2.60. The average Bonchev–Trinajstić information content (AvgIpc) is 2.72. The van der Waals surface area contributed by atoms with Crippen molar-refractivity contribution in [1.82, 2.24) is 9.88 Å². The van der Waals surface area contributed by atoms with Crippen LogP contribution in [-0.2, 0) is 4.74 Å². The fraction of sp³-hybridized carbons (Fsp3) is 0.400. The van der Waals surface area contributed by atoms with Gasteiger partial charge in [-0.3, -0.25) is 4.79 Å². The molecule has 0 aliphatic carbocycles. The predicted molar refractivity (Wildman–Crippen MR) is 104 cm³/mol. The number of carbonyl (C=O) groups is 1. The first-order valence-corrected chi connectivity index (χ1v) is 9.16. The van der Waals surface area contributed by atoms with Crippen molar-refractivity contribution in [2.24, 2.45) is 0 Å². The van der Waals surface area contributed by atoms with Crippen LogP contribution in [0.4, 0.5) is 15.8 Å². The van der Waals surface area contributed by atoms with E-state index in [2.05, 4.69) is 15.2 Å². The number of carbonyl (C=O) groups excluding carboxylic acids is 1. The van der Waals surface area contributed by atoms with E-state index in [4.69, 9.17) is 4.74 Å². The Balaban J connectivity index is 1.50. The van der Waals surface area contributed by atoms with Crippen molar-refractivity contribution < 1.29 is 13.9 Å². The van der Waals surface area contributed by atoms with Crippen LogP contribution >= 0.6 is 0 Å². The monoisotopic (exact) mass is 372 g/mol. The third-order valence-electron chi connectivity index (χ3n) is 4.60. The summed E-state index contributed by atoms with van der Waals surface area (Å²) >= 11 is 0. The molecular formula is C20H25FN4O2. The van der Waals surface area contributed by atoms with E-state index in [1.807, 2.05) is 11.0 Å². The first kappa shape index (κ1) is 19.1. The lowest BCUT2D eigenvalue weighted by molar-refractivity contribution is 0.0741. The van der Waals surface area contributed by atoms with E-state index in [9.17, 15) is 9.18 Å². The summed E-state index contributed by atoms with van der Waals surface area (Å²) in [5.74, 6) is -0.296. The van der Waals surface area contributed by atoms with Crippen molar-refractivity contribution in [2.45, 2.75) is 6.42 Å². The van der Waals surface area contributed by atoms with Crippen molar-refractivity contribution >= 4 is 17.3 Å². The van der Waals surface area contributed by atoms with E-state index in [0.717, 1.165) is 37.4 Å². The molecule has 1 aromatic heterocycles. The Hall–Kier alpha value is -2.67. The Morgan fingerprint density at radius 2 is 1.89 bits per heavy atom. The number of nitrogens with zero attached hydrogens (tertiary/aromatic N) is 3. The maximum atomic E-state index is 13.1. The maximum Gasteiger partial charge on any atom is 0.272 e. The van der Waals surface area contributed by atoms with E-state index in [1.165, 1.54) is 12.1 Å². The summed E-state index contributed by atoms with van der Waals surface area (Å²) < 4.78 is 18.1. The lowest BCUT2D eigenvalue weighted by atomic mass is 10.2. The zero-order valence-electron chi connectivity index (χ0n) is 15.5.